The number of hydrogen-bond donors (Lipinski definition) is 1. The third-order valence-electron chi connectivity index (χ3n) is 3.47. The van der Waals surface area contributed by atoms with Crippen molar-refractivity contribution in [2.24, 2.45) is 11.7 Å². The van der Waals surface area contributed by atoms with E-state index in [1.54, 1.807) is 0 Å². The summed E-state index contributed by atoms with van der Waals surface area (Å²) in [6, 6.07) is 0.792. The van der Waals surface area contributed by atoms with Crippen LogP contribution in [0.4, 0.5) is 0 Å². The summed E-state index contributed by atoms with van der Waals surface area (Å²) in [5.74, 6) is 0.904. The van der Waals surface area contributed by atoms with Crippen LogP contribution in [-0.4, -0.2) is 29.5 Å². The standard InChI is InChI=1S/C12H24N2S/c1-10-5-3-6-11(9-10)14(2)8-4-7-12(13)15/h10-11H,3-9H2,1-2H3,(H2,13,15). The van der Waals surface area contributed by atoms with E-state index in [9.17, 15) is 0 Å². The van der Waals surface area contributed by atoms with Gasteiger partial charge in [0.1, 0.15) is 0 Å². The molecule has 1 rings (SSSR count). The summed E-state index contributed by atoms with van der Waals surface area (Å²) >= 11 is 4.88. The lowest BCUT2D eigenvalue weighted by molar-refractivity contribution is 0.163. The minimum Gasteiger partial charge on any atom is -0.393 e. The molecule has 3 heteroatoms. The van der Waals surface area contributed by atoms with Gasteiger partial charge in [-0.3, -0.25) is 0 Å². The highest BCUT2D eigenvalue weighted by molar-refractivity contribution is 7.80. The van der Waals surface area contributed by atoms with Crippen LogP contribution in [0.3, 0.4) is 0 Å². The minimum atomic E-state index is 0.653. The highest BCUT2D eigenvalue weighted by Gasteiger charge is 2.21. The van der Waals surface area contributed by atoms with Gasteiger partial charge in [-0.1, -0.05) is 32.0 Å². The van der Waals surface area contributed by atoms with Crippen molar-refractivity contribution in [3.63, 3.8) is 0 Å². The van der Waals surface area contributed by atoms with Crippen LogP contribution in [0.25, 0.3) is 0 Å². The molecule has 1 aliphatic carbocycles. The van der Waals surface area contributed by atoms with Gasteiger partial charge in [-0.25, -0.2) is 0 Å². The molecule has 0 heterocycles. The second-order valence-electron chi connectivity index (χ2n) is 4.98. The Kier molecular flexibility index (Phi) is 5.54. The number of thiocarbonyl (C=S) groups is 1. The Bertz CT molecular complexity index is 206. The summed E-state index contributed by atoms with van der Waals surface area (Å²) in [5, 5.41) is 0. The lowest BCUT2D eigenvalue weighted by Crippen LogP contribution is -2.36. The summed E-state index contributed by atoms with van der Waals surface area (Å²) < 4.78 is 0. The maximum Gasteiger partial charge on any atom is 0.0727 e. The highest BCUT2D eigenvalue weighted by atomic mass is 32.1. The fraction of sp³-hybridized carbons (Fsp3) is 0.917. The monoisotopic (exact) mass is 228 g/mol. The van der Waals surface area contributed by atoms with Crippen molar-refractivity contribution in [1.82, 2.24) is 4.90 Å². The quantitative estimate of drug-likeness (QED) is 0.733. The van der Waals surface area contributed by atoms with Crippen molar-refractivity contribution in [3.8, 4) is 0 Å². The molecule has 1 fully saturated rings. The zero-order valence-corrected chi connectivity index (χ0v) is 10.9. The molecule has 2 atom stereocenters. The molecule has 2 unspecified atom stereocenters. The minimum absolute atomic E-state index is 0.653. The average Bonchev–Trinajstić information content (AvgIpc) is 2.17. The third kappa shape index (κ3) is 4.94. The summed E-state index contributed by atoms with van der Waals surface area (Å²) in [7, 11) is 2.24. The SMILES string of the molecule is CC1CCCC(N(C)CCCC(N)=S)C1. The van der Waals surface area contributed by atoms with Crippen LogP contribution < -0.4 is 5.73 Å². The van der Waals surface area contributed by atoms with Crippen LogP contribution in [0.15, 0.2) is 0 Å². The van der Waals surface area contributed by atoms with E-state index in [-0.39, 0.29) is 0 Å². The zero-order chi connectivity index (χ0) is 11.3. The molecule has 88 valence electrons. The molecule has 2 N–H and O–H groups in total. The summed E-state index contributed by atoms with van der Waals surface area (Å²) in [6.07, 6.45) is 7.54. The third-order valence-corrected chi connectivity index (χ3v) is 3.67. The van der Waals surface area contributed by atoms with Gasteiger partial charge >= 0.3 is 0 Å². The van der Waals surface area contributed by atoms with E-state index >= 15 is 0 Å². The van der Waals surface area contributed by atoms with Crippen LogP contribution in [-0.2, 0) is 0 Å². The van der Waals surface area contributed by atoms with Crippen molar-refractivity contribution in [1.29, 1.82) is 0 Å². The summed E-state index contributed by atoms with van der Waals surface area (Å²) in [5.41, 5.74) is 5.49. The largest absolute Gasteiger partial charge is 0.393 e. The Morgan fingerprint density at radius 2 is 2.20 bits per heavy atom. The molecule has 2 nitrogen and oxygen atoms in total. The maximum atomic E-state index is 5.49. The Hall–Kier alpha value is -0.150. The highest BCUT2D eigenvalue weighted by Crippen LogP contribution is 2.26. The molecule has 0 aliphatic heterocycles. The van der Waals surface area contributed by atoms with Crippen LogP contribution in [0.5, 0.6) is 0 Å². The lowest BCUT2D eigenvalue weighted by Gasteiger charge is -2.34. The first kappa shape index (κ1) is 12.9. The first-order chi connectivity index (χ1) is 7.09. The zero-order valence-electron chi connectivity index (χ0n) is 10.0. The molecule has 0 saturated heterocycles. The normalized spacial score (nSPS) is 26.9. The summed E-state index contributed by atoms with van der Waals surface area (Å²) in [4.78, 5) is 3.15. The number of nitrogens with two attached hydrogens (primary N) is 1. The van der Waals surface area contributed by atoms with E-state index in [1.165, 1.54) is 25.7 Å². The van der Waals surface area contributed by atoms with Crippen LogP contribution in [0.2, 0.25) is 0 Å². The molecule has 0 amide bonds. The van der Waals surface area contributed by atoms with Gasteiger partial charge in [0.2, 0.25) is 0 Å². The van der Waals surface area contributed by atoms with Gasteiger partial charge in [0.25, 0.3) is 0 Å². The molecule has 15 heavy (non-hydrogen) atoms. The molecule has 0 spiro atoms. The number of nitrogens with zero attached hydrogens (tertiary/aromatic N) is 1. The van der Waals surface area contributed by atoms with Gasteiger partial charge in [-0.15, -0.1) is 0 Å². The maximum absolute atomic E-state index is 5.49. The van der Waals surface area contributed by atoms with Crippen molar-refractivity contribution in [2.75, 3.05) is 13.6 Å². The second-order valence-corrected chi connectivity index (χ2v) is 5.50. The van der Waals surface area contributed by atoms with E-state index in [2.05, 4.69) is 18.9 Å². The first-order valence-corrected chi connectivity index (χ1v) is 6.49. The van der Waals surface area contributed by atoms with Gasteiger partial charge in [-0.05, 0) is 45.2 Å². The van der Waals surface area contributed by atoms with Crippen LogP contribution in [0.1, 0.15) is 45.4 Å². The topological polar surface area (TPSA) is 29.3 Å². The predicted octanol–water partition coefficient (Wildman–Crippen LogP) is 2.56. The van der Waals surface area contributed by atoms with Gasteiger partial charge < -0.3 is 10.6 Å². The summed E-state index contributed by atoms with van der Waals surface area (Å²) in [6.45, 7) is 3.50. The van der Waals surface area contributed by atoms with Crippen molar-refractivity contribution in [3.05, 3.63) is 0 Å². The molecule has 0 bridgehead atoms. The van der Waals surface area contributed by atoms with E-state index in [4.69, 9.17) is 18.0 Å². The van der Waals surface area contributed by atoms with Crippen LogP contribution >= 0.6 is 12.2 Å². The smallest absolute Gasteiger partial charge is 0.0727 e. The average molecular weight is 228 g/mol. The Morgan fingerprint density at radius 3 is 2.80 bits per heavy atom. The van der Waals surface area contributed by atoms with E-state index in [0.717, 1.165) is 31.3 Å². The first-order valence-electron chi connectivity index (χ1n) is 6.08. The Balaban J connectivity index is 2.20. The molecule has 1 aliphatic rings. The Labute approximate surface area is 99.2 Å². The molecular weight excluding hydrogens is 204 g/mol. The van der Waals surface area contributed by atoms with Gasteiger partial charge in [0.15, 0.2) is 0 Å². The van der Waals surface area contributed by atoms with Gasteiger partial charge in [0, 0.05) is 6.04 Å². The van der Waals surface area contributed by atoms with Crippen molar-refractivity contribution >= 4 is 17.2 Å². The molecular formula is C12H24N2S. The predicted molar refractivity (Wildman–Crippen MR) is 70.1 cm³/mol. The molecule has 0 aromatic rings. The van der Waals surface area contributed by atoms with Gasteiger partial charge in [0.05, 0.1) is 4.99 Å². The van der Waals surface area contributed by atoms with E-state index in [0.29, 0.717) is 4.99 Å². The molecule has 0 aromatic carbocycles. The molecule has 0 aromatic heterocycles. The lowest BCUT2D eigenvalue weighted by atomic mass is 9.86. The second kappa shape index (κ2) is 6.44. The molecule has 1 saturated carbocycles. The number of hydrogen-bond acceptors (Lipinski definition) is 2. The number of rotatable bonds is 5. The van der Waals surface area contributed by atoms with E-state index in [1.807, 2.05) is 0 Å². The Morgan fingerprint density at radius 1 is 1.47 bits per heavy atom. The van der Waals surface area contributed by atoms with Crippen molar-refractivity contribution < 1.29 is 0 Å². The van der Waals surface area contributed by atoms with Crippen LogP contribution in [0, 0.1) is 5.92 Å². The van der Waals surface area contributed by atoms with Crippen molar-refractivity contribution in [2.45, 2.75) is 51.5 Å². The fourth-order valence-corrected chi connectivity index (χ4v) is 2.63. The fourth-order valence-electron chi connectivity index (χ4n) is 2.49. The van der Waals surface area contributed by atoms with E-state index < -0.39 is 0 Å². The van der Waals surface area contributed by atoms with Gasteiger partial charge in [-0.2, -0.15) is 0 Å². The molecule has 0 radical (unpaired) electrons.